The molecule has 0 bridgehead atoms. The lowest BCUT2D eigenvalue weighted by Crippen LogP contribution is -2.15. The molecular formula is C13H21BrOSi. The van der Waals surface area contributed by atoms with Crippen LogP contribution in [0.3, 0.4) is 0 Å². The third-order valence-electron chi connectivity index (χ3n) is 2.53. The highest BCUT2D eigenvalue weighted by Crippen LogP contribution is 2.33. The van der Waals surface area contributed by atoms with Gasteiger partial charge in [-0.15, -0.1) is 0 Å². The lowest BCUT2D eigenvalue weighted by Gasteiger charge is -2.23. The lowest BCUT2D eigenvalue weighted by atomic mass is 9.86. The van der Waals surface area contributed by atoms with Gasteiger partial charge in [-0.2, -0.15) is 0 Å². The van der Waals surface area contributed by atoms with Crippen molar-refractivity contribution in [2.75, 3.05) is 0 Å². The molecule has 1 aromatic carbocycles. The van der Waals surface area contributed by atoms with Crippen LogP contribution in [-0.4, -0.2) is 9.04 Å². The van der Waals surface area contributed by atoms with Crippen LogP contribution < -0.4 is 4.43 Å². The fourth-order valence-electron chi connectivity index (χ4n) is 1.46. The molecule has 0 fully saturated rings. The molecule has 0 radical (unpaired) electrons. The smallest absolute Gasteiger partial charge is 0.229 e. The van der Waals surface area contributed by atoms with E-state index in [-0.39, 0.29) is 5.41 Å². The van der Waals surface area contributed by atoms with E-state index in [1.807, 2.05) is 0 Å². The van der Waals surface area contributed by atoms with Gasteiger partial charge in [-0.1, -0.05) is 36.7 Å². The molecule has 0 saturated heterocycles. The van der Waals surface area contributed by atoms with Gasteiger partial charge in [-0.3, -0.25) is 0 Å². The van der Waals surface area contributed by atoms with E-state index in [1.54, 1.807) is 0 Å². The number of hydrogen-bond donors (Lipinski definition) is 0. The molecule has 0 amide bonds. The Bertz CT molecular complexity index is 380. The maximum atomic E-state index is 5.97. The van der Waals surface area contributed by atoms with Gasteiger partial charge in [-0.05, 0) is 43.1 Å². The Balaban J connectivity index is 3.22. The highest BCUT2D eigenvalue weighted by atomic mass is 79.9. The third-order valence-corrected chi connectivity index (χ3v) is 4.07. The second kappa shape index (κ2) is 4.92. The predicted molar refractivity (Wildman–Crippen MR) is 77.1 cm³/mol. The third kappa shape index (κ3) is 3.35. The quantitative estimate of drug-likeness (QED) is 0.735. The highest BCUT2D eigenvalue weighted by molar-refractivity contribution is 9.10. The van der Waals surface area contributed by atoms with Gasteiger partial charge in [0.1, 0.15) is 5.75 Å². The second-order valence-corrected chi connectivity index (χ2v) is 8.69. The molecule has 0 saturated carbocycles. The van der Waals surface area contributed by atoms with Crippen molar-refractivity contribution in [1.29, 1.82) is 0 Å². The fraction of sp³-hybridized carbons (Fsp3) is 0.538. The van der Waals surface area contributed by atoms with E-state index < -0.39 is 9.04 Å². The van der Waals surface area contributed by atoms with E-state index in [2.05, 4.69) is 68.9 Å². The van der Waals surface area contributed by atoms with Crippen molar-refractivity contribution in [2.24, 2.45) is 0 Å². The molecule has 3 heteroatoms. The van der Waals surface area contributed by atoms with Gasteiger partial charge in [0.2, 0.25) is 9.04 Å². The van der Waals surface area contributed by atoms with E-state index in [0.717, 1.165) is 10.2 Å². The van der Waals surface area contributed by atoms with Crippen molar-refractivity contribution in [2.45, 2.75) is 46.2 Å². The Morgan fingerprint density at radius 1 is 1.19 bits per heavy atom. The summed E-state index contributed by atoms with van der Waals surface area (Å²) in [5.41, 5.74) is 2.68. The first kappa shape index (κ1) is 13.8. The second-order valence-electron chi connectivity index (χ2n) is 5.50. The number of hydrogen-bond acceptors (Lipinski definition) is 1. The first-order valence-electron chi connectivity index (χ1n) is 5.69. The number of rotatable bonds is 2. The van der Waals surface area contributed by atoms with Gasteiger partial charge < -0.3 is 4.43 Å². The molecule has 0 heterocycles. The number of benzene rings is 1. The van der Waals surface area contributed by atoms with Crippen molar-refractivity contribution < 1.29 is 4.43 Å². The van der Waals surface area contributed by atoms with Crippen LogP contribution in [-0.2, 0) is 5.41 Å². The molecule has 1 nitrogen and oxygen atoms in total. The number of halogens is 1. The van der Waals surface area contributed by atoms with Crippen LogP contribution in [0.1, 0.15) is 31.9 Å². The molecule has 1 aromatic rings. The summed E-state index contributed by atoms with van der Waals surface area (Å²) in [4.78, 5) is 0. The maximum Gasteiger partial charge on any atom is 0.229 e. The van der Waals surface area contributed by atoms with Crippen LogP contribution in [0.5, 0.6) is 5.75 Å². The molecular weight excluding hydrogens is 280 g/mol. The Hall–Kier alpha value is -0.283. The molecule has 0 spiro atoms. The van der Waals surface area contributed by atoms with Gasteiger partial charge in [0.15, 0.2) is 0 Å². The minimum atomic E-state index is -1.04. The predicted octanol–water partition coefficient (Wildman–Crippen LogP) is 4.42. The maximum absolute atomic E-state index is 5.97. The topological polar surface area (TPSA) is 9.23 Å². The summed E-state index contributed by atoms with van der Waals surface area (Å²) in [6.07, 6.45) is 0. The zero-order valence-corrected chi connectivity index (χ0v) is 13.8. The van der Waals surface area contributed by atoms with Crippen LogP contribution in [0.2, 0.25) is 13.1 Å². The zero-order chi connectivity index (χ0) is 12.5. The van der Waals surface area contributed by atoms with E-state index in [4.69, 9.17) is 4.43 Å². The van der Waals surface area contributed by atoms with Crippen LogP contribution in [0, 0.1) is 6.92 Å². The molecule has 16 heavy (non-hydrogen) atoms. The highest BCUT2D eigenvalue weighted by Gasteiger charge is 2.17. The van der Waals surface area contributed by atoms with Crippen molar-refractivity contribution in [3.8, 4) is 5.75 Å². The first-order valence-corrected chi connectivity index (χ1v) is 9.26. The standard InChI is InChI=1S/C13H21BrOSi/c1-9-11(14)7-10(13(2,3)4)8-12(9)15-16(5)6/h7-8,16H,1-6H3. The SMILES string of the molecule is Cc1c(Br)cc(C(C)(C)C)cc1O[SiH](C)C. The minimum absolute atomic E-state index is 0.160. The minimum Gasteiger partial charge on any atom is -0.547 e. The molecule has 0 aliphatic rings. The molecule has 0 unspecified atom stereocenters. The molecule has 90 valence electrons. The van der Waals surface area contributed by atoms with Crippen molar-refractivity contribution >= 4 is 25.0 Å². The van der Waals surface area contributed by atoms with Crippen LogP contribution in [0.25, 0.3) is 0 Å². The summed E-state index contributed by atoms with van der Waals surface area (Å²) in [5, 5.41) is 0. The first-order chi connectivity index (χ1) is 7.21. The largest absolute Gasteiger partial charge is 0.547 e. The van der Waals surface area contributed by atoms with Crippen LogP contribution in [0.15, 0.2) is 16.6 Å². The summed E-state index contributed by atoms with van der Waals surface area (Å²) in [7, 11) is -1.04. The summed E-state index contributed by atoms with van der Waals surface area (Å²) >= 11 is 3.61. The van der Waals surface area contributed by atoms with Crippen LogP contribution >= 0.6 is 15.9 Å². The Labute approximate surface area is 109 Å². The fourth-order valence-corrected chi connectivity index (χ4v) is 2.66. The van der Waals surface area contributed by atoms with Gasteiger partial charge in [-0.25, -0.2) is 0 Å². The summed E-state index contributed by atoms with van der Waals surface area (Å²) in [5.74, 6) is 1.04. The molecule has 1 rings (SSSR count). The van der Waals surface area contributed by atoms with E-state index in [9.17, 15) is 0 Å². The molecule has 0 aliphatic carbocycles. The summed E-state index contributed by atoms with van der Waals surface area (Å²) in [6.45, 7) is 13.2. The van der Waals surface area contributed by atoms with Crippen LogP contribution in [0.4, 0.5) is 0 Å². The molecule has 0 atom stereocenters. The van der Waals surface area contributed by atoms with E-state index in [0.29, 0.717) is 0 Å². The van der Waals surface area contributed by atoms with Crippen molar-refractivity contribution in [3.05, 3.63) is 27.7 Å². The monoisotopic (exact) mass is 300 g/mol. The molecule has 0 N–H and O–H groups in total. The lowest BCUT2D eigenvalue weighted by molar-refractivity contribution is 0.556. The van der Waals surface area contributed by atoms with Crippen molar-refractivity contribution in [3.63, 3.8) is 0 Å². The average Bonchev–Trinajstić information content (AvgIpc) is 2.10. The average molecular weight is 301 g/mol. The van der Waals surface area contributed by atoms with E-state index in [1.165, 1.54) is 11.1 Å². The Kier molecular flexibility index (Phi) is 4.24. The summed E-state index contributed by atoms with van der Waals surface area (Å²) in [6, 6.07) is 4.39. The molecule has 0 aliphatic heterocycles. The van der Waals surface area contributed by atoms with Gasteiger partial charge in [0.05, 0.1) is 0 Å². The van der Waals surface area contributed by atoms with Gasteiger partial charge in [0.25, 0.3) is 0 Å². The van der Waals surface area contributed by atoms with Gasteiger partial charge >= 0.3 is 0 Å². The summed E-state index contributed by atoms with van der Waals surface area (Å²) < 4.78 is 7.11. The normalized spacial score (nSPS) is 12.0. The van der Waals surface area contributed by atoms with Gasteiger partial charge in [0, 0.05) is 10.0 Å². The van der Waals surface area contributed by atoms with E-state index >= 15 is 0 Å². The Morgan fingerprint density at radius 2 is 1.75 bits per heavy atom. The Morgan fingerprint density at radius 3 is 2.19 bits per heavy atom. The van der Waals surface area contributed by atoms with Crippen molar-refractivity contribution in [1.82, 2.24) is 0 Å². The zero-order valence-electron chi connectivity index (χ0n) is 11.0. The molecule has 0 aromatic heterocycles.